The van der Waals surface area contributed by atoms with Crippen LogP contribution < -0.4 is 0 Å². The molecule has 2 atom stereocenters. The highest BCUT2D eigenvalue weighted by molar-refractivity contribution is 5.83. The van der Waals surface area contributed by atoms with E-state index in [0.29, 0.717) is 25.6 Å². The van der Waals surface area contributed by atoms with Crippen molar-refractivity contribution in [3.05, 3.63) is 12.2 Å². The summed E-state index contributed by atoms with van der Waals surface area (Å²) in [7, 11) is 0. The van der Waals surface area contributed by atoms with Gasteiger partial charge in [0.2, 0.25) is 0 Å². The van der Waals surface area contributed by atoms with Gasteiger partial charge in [0.15, 0.2) is 0 Å². The molecule has 0 saturated heterocycles. The standard InChI is InChI=1S/C22H38O4/c1-4-5-6-7-8-9-10-13-16-25-21(23)19-14-11-12-15-20(19)22(24)26-17-18(2)3/h12,15,18-20H,4-11,13-14,16-17H2,1-3H3. The predicted octanol–water partition coefficient (Wildman–Crippen LogP) is 5.45. The fourth-order valence-corrected chi connectivity index (χ4v) is 3.20. The minimum absolute atomic E-state index is 0.246. The van der Waals surface area contributed by atoms with Crippen LogP contribution in [0.15, 0.2) is 12.2 Å². The highest BCUT2D eigenvalue weighted by atomic mass is 16.5. The van der Waals surface area contributed by atoms with Gasteiger partial charge < -0.3 is 9.47 Å². The second-order valence-electron chi connectivity index (χ2n) is 7.80. The largest absolute Gasteiger partial charge is 0.465 e. The number of rotatable bonds is 13. The maximum Gasteiger partial charge on any atom is 0.313 e. The summed E-state index contributed by atoms with van der Waals surface area (Å²) in [6.45, 7) is 7.08. The zero-order chi connectivity index (χ0) is 19.2. The van der Waals surface area contributed by atoms with Gasteiger partial charge in [0, 0.05) is 0 Å². The van der Waals surface area contributed by atoms with Gasteiger partial charge in [-0.3, -0.25) is 9.59 Å². The number of hydrogen-bond donors (Lipinski definition) is 0. The molecule has 2 unspecified atom stereocenters. The van der Waals surface area contributed by atoms with Crippen LogP contribution in [0.2, 0.25) is 0 Å². The van der Waals surface area contributed by atoms with Crippen LogP contribution >= 0.6 is 0 Å². The van der Waals surface area contributed by atoms with Crippen LogP contribution in [0.5, 0.6) is 0 Å². The first-order valence-corrected chi connectivity index (χ1v) is 10.6. The lowest BCUT2D eigenvalue weighted by atomic mass is 9.84. The molecule has 0 aromatic heterocycles. The minimum Gasteiger partial charge on any atom is -0.465 e. The molecule has 0 heterocycles. The summed E-state index contributed by atoms with van der Waals surface area (Å²) in [6, 6.07) is 0. The van der Waals surface area contributed by atoms with Crippen LogP contribution in [-0.2, 0) is 19.1 Å². The minimum atomic E-state index is -0.492. The molecule has 0 fully saturated rings. The lowest BCUT2D eigenvalue weighted by molar-refractivity contribution is -0.160. The van der Waals surface area contributed by atoms with Gasteiger partial charge in [-0.05, 0) is 25.2 Å². The van der Waals surface area contributed by atoms with Gasteiger partial charge in [-0.2, -0.15) is 0 Å². The maximum atomic E-state index is 12.4. The van der Waals surface area contributed by atoms with Crippen LogP contribution in [0.25, 0.3) is 0 Å². The Morgan fingerprint density at radius 3 is 2.27 bits per heavy atom. The fourth-order valence-electron chi connectivity index (χ4n) is 3.20. The zero-order valence-corrected chi connectivity index (χ0v) is 17.0. The third-order valence-electron chi connectivity index (χ3n) is 4.80. The Morgan fingerprint density at radius 2 is 1.62 bits per heavy atom. The van der Waals surface area contributed by atoms with Crippen LogP contribution in [0, 0.1) is 17.8 Å². The van der Waals surface area contributed by atoms with Gasteiger partial charge >= 0.3 is 11.9 Å². The van der Waals surface area contributed by atoms with Crippen molar-refractivity contribution in [3.8, 4) is 0 Å². The Bertz CT molecular complexity index is 428. The van der Waals surface area contributed by atoms with Gasteiger partial charge in [-0.25, -0.2) is 0 Å². The molecule has 4 nitrogen and oxygen atoms in total. The molecule has 0 spiro atoms. The number of carbonyl (C=O) groups excluding carboxylic acids is 2. The summed E-state index contributed by atoms with van der Waals surface area (Å²) in [4.78, 5) is 24.7. The molecular formula is C22H38O4. The topological polar surface area (TPSA) is 52.6 Å². The summed E-state index contributed by atoms with van der Waals surface area (Å²) < 4.78 is 10.8. The van der Waals surface area contributed by atoms with Gasteiger partial charge in [0.1, 0.15) is 0 Å². The zero-order valence-electron chi connectivity index (χ0n) is 17.0. The van der Waals surface area contributed by atoms with E-state index in [0.717, 1.165) is 19.3 Å². The molecule has 0 N–H and O–H groups in total. The number of hydrogen-bond acceptors (Lipinski definition) is 4. The summed E-state index contributed by atoms with van der Waals surface area (Å²) in [5.74, 6) is -1.14. The number of allylic oxidation sites excluding steroid dienone is 1. The molecule has 0 saturated carbocycles. The normalized spacial score (nSPS) is 19.5. The SMILES string of the molecule is CCCCCCCCCCOC(=O)C1CCC=CC1C(=O)OCC(C)C. The summed E-state index contributed by atoms with van der Waals surface area (Å²) in [5.41, 5.74) is 0. The Kier molecular flexibility index (Phi) is 12.1. The third kappa shape index (κ3) is 9.40. The fraction of sp³-hybridized carbons (Fsp3) is 0.818. The van der Waals surface area contributed by atoms with Crippen molar-refractivity contribution in [1.82, 2.24) is 0 Å². The van der Waals surface area contributed by atoms with Crippen molar-refractivity contribution in [2.24, 2.45) is 17.8 Å². The van der Waals surface area contributed by atoms with Crippen LogP contribution in [-0.4, -0.2) is 25.2 Å². The van der Waals surface area contributed by atoms with Crippen LogP contribution in [0.1, 0.15) is 85.0 Å². The summed E-state index contributed by atoms with van der Waals surface area (Å²) in [6.07, 6.45) is 15.0. The molecule has 1 aliphatic rings. The van der Waals surface area contributed by atoms with E-state index < -0.39 is 11.8 Å². The molecule has 0 radical (unpaired) electrons. The number of ether oxygens (including phenoxy) is 2. The molecule has 1 rings (SSSR count). The van der Waals surface area contributed by atoms with Crippen molar-refractivity contribution in [3.63, 3.8) is 0 Å². The number of unbranched alkanes of at least 4 members (excludes halogenated alkanes) is 7. The Hall–Kier alpha value is -1.32. The molecule has 4 heteroatoms. The van der Waals surface area contributed by atoms with E-state index in [1.54, 1.807) is 0 Å². The molecule has 0 bridgehead atoms. The van der Waals surface area contributed by atoms with Crippen molar-refractivity contribution in [2.75, 3.05) is 13.2 Å². The third-order valence-corrected chi connectivity index (χ3v) is 4.80. The Balaban J connectivity index is 2.24. The molecule has 1 aliphatic carbocycles. The van der Waals surface area contributed by atoms with Gasteiger partial charge in [0.05, 0.1) is 25.0 Å². The molecule has 26 heavy (non-hydrogen) atoms. The van der Waals surface area contributed by atoms with E-state index in [4.69, 9.17) is 9.47 Å². The molecule has 0 amide bonds. The van der Waals surface area contributed by atoms with E-state index in [2.05, 4.69) is 6.92 Å². The second kappa shape index (κ2) is 13.8. The quantitative estimate of drug-likeness (QED) is 0.247. The maximum absolute atomic E-state index is 12.4. The van der Waals surface area contributed by atoms with Crippen LogP contribution in [0.4, 0.5) is 0 Å². The van der Waals surface area contributed by atoms with Crippen molar-refractivity contribution in [1.29, 1.82) is 0 Å². The molecule has 0 aliphatic heterocycles. The van der Waals surface area contributed by atoms with Gasteiger partial charge in [0.25, 0.3) is 0 Å². The lowest BCUT2D eigenvalue weighted by Gasteiger charge is -2.25. The Labute approximate surface area is 159 Å². The molecule has 150 valence electrons. The lowest BCUT2D eigenvalue weighted by Crippen LogP contribution is -2.33. The number of carbonyl (C=O) groups is 2. The monoisotopic (exact) mass is 366 g/mol. The van der Waals surface area contributed by atoms with E-state index in [1.807, 2.05) is 26.0 Å². The van der Waals surface area contributed by atoms with Gasteiger partial charge in [-0.1, -0.05) is 77.9 Å². The molecular weight excluding hydrogens is 328 g/mol. The van der Waals surface area contributed by atoms with E-state index in [1.165, 1.54) is 38.5 Å². The average Bonchev–Trinajstić information content (AvgIpc) is 2.64. The smallest absolute Gasteiger partial charge is 0.313 e. The van der Waals surface area contributed by atoms with Crippen molar-refractivity contribution < 1.29 is 19.1 Å². The summed E-state index contributed by atoms with van der Waals surface area (Å²) in [5, 5.41) is 0. The van der Waals surface area contributed by atoms with Gasteiger partial charge in [-0.15, -0.1) is 0 Å². The van der Waals surface area contributed by atoms with Crippen molar-refractivity contribution >= 4 is 11.9 Å². The summed E-state index contributed by atoms with van der Waals surface area (Å²) >= 11 is 0. The Morgan fingerprint density at radius 1 is 0.962 bits per heavy atom. The van der Waals surface area contributed by atoms with Crippen molar-refractivity contribution in [2.45, 2.75) is 85.0 Å². The van der Waals surface area contributed by atoms with E-state index >= 15 is 0 Å². The average molecular weight is 367 g/mol. The highest BCUT2D eigenvalue weighted by Crippen LogP contribution is 2.27. The molecule has 0 aromatic carbocycles. The van der Waals surface area contributed by atoms with E-state index in [-0.39, 0.29) is 11.9 Å². The van der Waals surface area contributed by atoms with E-state index in [9.17, 15) is 9.59 Å². The molecule has 0 aromatic rings. The highest BCUT2D eigenvalue weighted by Gasteiger charge is 2.35. The number of esters is 2. The first kappa shape index (κ1) is 22.7. The first-order chi connectivity index (χ1) is 12.6. The predicted molar refractivity (Wildman–Crippen MR) is 105 cm³/mol. The second-order valence-corrected chi connectivity index (χ2v) is 7.80. The first-order valence-electron chi connectivity index (χ1n) is 10.6. The van der Waals surface area contributed by atoms with Crippen LogP contribution in [0.3, 0.4) is 0 Å².